The van der Waals surface area contributed by atoms with Gasteiger partial charge in [-0.3, -0.25) is 4.79 Å². The number of carbonyl (C=O) groups is 1. The van der Waals surface area contributed by atoms with Gasteiger partial charge in [-0.25, -0.2) is 4.98 Å². The zero-order valence-electron chi connectivity index (χ0n) is 10.4. The number of nitrogens with zero attached hydrogens (tertiary/aromatic N) is 3. The van der Waals surface area contributed by atoms with Crippen LogP contribution in [0.15, 0.2) is 12.4 Å². The number of aromatic nitrogens is 2. The molecule has 1 fully saturated rings. The fourth-order valence-corrected chi connectivity index (χ4v) is 2.14. The number of nitrogens with one attached hydrogen (secondary N) is 1. The van der Waals surface area contributed by atoms with Crippen LogP contribution < -0.4 is 5.32 Å². The van der Waals surface area contributed by atoms with Crippen LogP contribution in [0.2, 0.25) is 0 Å². The Balaban J connectivity index is 1.95. The van der Waals surface area contributed by atoms with E-state index in [1.807, 2.05) is 15.7 Å². The fourth-order valence-electron chi connectivity index (χ4n) is 2.14. The van der Waals surface area contributed by atoms with Gasteiger partial charge < -0.3 is 14.8 Å². The summed E-state index contributed by atoms with van der Waals surface area (Å²) >= 11 is 0. The van der Waals surface area contributed by atoms with Crippen molar-refractivity contribution in [2.24, 2.45) is 0 Å². The molecule has 0 atom stereocenters. The van der Waals surface area contributed by atoms with Crippen molar-refractivity contribution < 1.29 is 4.79 Å². The highest BCUT2D eigenvalue weighted by Crippen LogP contribution is 2.02. The third kappa shape index (κ3) is 3.06. The zero-order valence-corrected chi connectivity index (χ0v) is 10.4. The highest BCUT2D eigenvalue weighted by Gasteiger charge is 2.16. The Morgan fingerprint density at radius 1 is 1.47 bits per heavy atom. The lowest BCUT2D eigenvalue weighted by atomic mass is 10.3. The van der Waals surface area contributed by atoms with Gasteiger partial charge in [0.15, 0.2) is 0 Å². The highest BCUT2D eigenvalue weighted by molar-refractivity contribution is 5.76. The molecule has 2 rings (SSSR count). The largest absolute Gasteiger partial charge is 0.340 e. The molecule has 5 heteroatoms. The van der Waals surface area contributed by atoms with Crippen LogP contribution in [0.4, 0.5) is 0 Å². The Hall–Kier alpha value is -1.36. The SMILES string of the molecule is CCc1nccn1CC(=O)N1CCCNCC1. The van der Waals surface area contributed by atoms with Gasteiger partial charge in [-0.15, -0.1) is 0 Å². The van der Waals surface area contributed by atoms with E-state index in [1.54, 1.807) is 6.20 Å². The topological polar surface area (TPSA) is 50.2 Å². The summed E-state index contributed by atoms with van der Waals surface area (Å²) in [5.74, 6) is 1.17. The van der Waals surface area contributed by atoms with E-state index in [2.05, 4.69) is 17.2 Å². The van der Waals surface area contributed by atoms with E-state index in [0.29, 0.717) is 6.54 Å². The summed E-state index contributed by atoms with van der Waals surface area (Å²) in [6, 6.07) is 0. The van der Waals surface area contributed by atoms with Gasteiger partial charge in [0.25, 0.3) is 0 Å². The van der Waals surface area contributed by atoms with Crippen LogP contribution in [0.3, 0.4) is 0 Å². The van der Waals surface area contributed by atoms with Gasteiger partial charge in [0.1, 0.15) is 12.4 Å². The van der Waals surface area contributed by atoms with E-state index < -0.39 is 0 Å². The van der Waals surface area contributed by atoms with Crippen molar-refractivity contribution in [3.05, 3.63) is 18.2 Å². The average molecular weight is 236 g/mol. The van der Waals surface area contributed by atoms with E-state index in [0.717, 1.165) is 44.8 Å². The molecule has 1 aliphatic rings. The number of hydrogen-bond acceptors (Lipinski definition) is 3. The molecule has 0 spiro atoms. The summed E-state index contributed by atoms with van der Waals surface area (Å²) in [6.45, 7) is 6.06. The number of hydrogen-bond donors (Lipinski definition) is 1. The van der Waals surface area contributed by atoms with E-state index in [-0.39, 0.29) is 5.91 Å². The third-order valence-corrected chi connectivity index (χ3v) is 3.12. The van der Waals surface area contributed by atoms with E-state index in [4.69, 9.17) is 0 Å². The Labute approximate surface area is 102 Å². The molecule has 1 saturated heterocycles. The number of rotatable bonds is 3. The second-order valence-corrected chi connectivity index (χ2v) is 4.31. The molecule has 0 aromatic carbocycles. The van der Waals surface area contributed by atoms with Crippen LogP contribution in [-0.2, 0) is 17.8 Å². The lowest BCUT2D eigenvalue weighted by Crippen LogP contribution is -2.36. The van der Waals surface area contributed by atoms with Crippen LogP contribution in [0.25, 0.3) is 0 Å². The van der Waals surface area contributed by atoms with Gasteiger partial charge in [-0.1, -0.05) is 6.92 Å². The quantitative estimate of drug-likeness (QED) is 0.819. The number of amides is 1. The van der Waals surface area contributed by atoms with Gasteiger partial charge in [0, 0.05) is 38.4 Å². The predicted octanol–water partition coefficient (Wildman–Crippen LogP) is 0.267. The maximum absolute atomic E-state index is 12.1. The summed E-state index contributed by atoms with van der Waals surface area (Å²) in [7, 11) is 0. The smallest absolute Gasteiger partial charge is 0.242 e. The average Bonchev–Trinajstić information content (AvgIpc) is 2.62. The minimum Gasteiger partial charge on any atom is -0.340 e. The molecule has 1 N–H and O–H groups in total. The highest BCUT2D eigenvalue weighted by atomic mass is 16.2. The van der Waals surface area contributed by atoms with Gasteiger partial charge in [-0.2, -0.15) is 0 Å². The second kappa shape index (κ2) is 5.82. The molecule has 0 saturated carbocycles. The standard InChI is InChI=1S/C12H20N4O/c1-2-11-14-6-9-16(11)10-12(17)15-7-3-4-13-5-8-15/h6,9,13H,2-5,7-8,10H2,1H3. The molecule has 1 aromatic heterocycles. The molecule has 0 radical (unpaired) electrons. The Morgan fingerprint density at radius 3 is 3.18 bits per heavy atom. The summed E-state index contributed by atoms with van der Waals surface area (Å²) < 4.78 is 1.95. The number of imidazole rings is 1. The summed E-state index contributed by atoms with van der Waals surface area (Å²) in [5, 5.41) is 3.30. The van der Waals surface area contributed by atoms with Crippen LogP contribution in [0, 0.1) is 0 Å². The van der Waals surface area contributed by atoms with E-state index in [1.165, 1.54) is 0 Å². The molecule has 5 nitrogen and oxygen atoms in total. The van der Waals surface area contributed by atoms with Crippen LogP contribution >= 0.6 is 0 Å². The zero-order chi connectivity index (χ0) is 12.1. The van der Waals surface area contributed by atoms with Gasteiger partial charge in [0.05, 0.1) is 0 Å². The molecule has 0 bridgehead atoms. The Morgan fingerprint density at radius 2 is 2.35 bits per heavy atom. The van der Waals surface area contributed by atoms with Crippen molar-refractivity contribution in [1.82, 2.24) is 19.8 Å². The molecule has 0 aliphatic carbocycles. The van der Waals surface area contributed by atoms with Crippen molar-refractivity contribution in [2.45, 2.75) is 26.3 Å². The minimum atomic E-state index is 0.196. The maximum atomic E-state index is 12.1. The normalized spacial score (nSPS) is 16.9. The van der Waals surface area contributed by atoms with E-state index in [9.17, 15) is 4.79 Å². The van der Waals surface area contributed by atoms with Crippen LogP contribution in [0.1, 0.15) is 19.2 Å². The fraction of sp³-hybridized carbons (Fsp3) is 0.667. The van der Waals surface area contributed by atoms with E-state index >= 15 is 0 Å². The molecular formula is C12H20N4O. The monoisotopic (exact) mass is 236 g/mol. The molecule has 17 heavy (non-hydrogen) atoms. The summed E-state index contributed by atoms with van der Waals surface area (Å²) in [4.78, 5) is 18.3. The molecule has 1 amide bonds. The maximum Gasteiger partial charge on any atom is 0.242 e. The molecule has 94 valence electrons. The first-order chi connectivity index (χ1) is 8.31. The van der Waals surface area contributed by atoms with Gasteiger partial charge in [0.2, 0.25) is 5.91 Å². The summed E-state index contributed by atoms with van der Waals surface area (Å²) in [5.41, 5.74) is 0. The lowest BCUT2D eigenvalue weighted by molar-refractivity contribution is -0.131. The van der Waals surface area contributed by atoms with Gasteiger partial charge >= 0.3 is 0 Å². The van der Waals surface area contributed by atoms with Crippen molar-refractivity contribution in [3.8, 4) is 0 Å². The predicted molar refractivity (Wildman–Crippen MR) is 65.7 cm³/mol. The van der Waals surface area contributed by atoms with Crippen molar-refractivity contribution in [3.63, 3.8) is 0 Å². The molecule has 0 unspecified atom stereocenters. The first-order valence-corrected chi connectivity index (χ1v) is 6.29. The molecule has 1 aromatic rings. The molecule has 1 aliphatic heterocycles. The first kappa shape index (κ1) is 12.1. The van der Waals surface area contributed by atoms with Crippen LogP contribution in [0.5, 0.6) is 0 Å². The second-order valence-electron chi connectivity index (χ2n) is 4.31. The van der Waals surface area contributed by atoms with Gasteiger partial charge in [-0.05, 0) is 13.0 Å². The Kier molecular flexibility index (Phi) is 4.14. The number of carbonyl (C=O) groups excluding carboxylic acids is 1. The van der Waals surface area contributed by atoms with Crippen molar-refractivity contribution in [1.29, 1.82) is 0 Å². The molecular weight excluding hydrogens is 216 g/mol. The van der Waals surface area contributed by atoms with Crippen LogP contribution in [-0.4, -0.2) is 46.5 Å². The Bertz CT molecular complexity index is 366. The number of aryl methyl sites for hydroxylation is 1. The minimum absolute atomic E-state index is 0.196. The molecule has 2 heterocycles. The van der Waals surface area contributed by atoms with Crippen molar-refractivity contribution >= 4 is 5.91 Å². The first-order valence-electron chi connectivity index (χ1n) is 6.29. The lowest BCUT2D eigenvalue weighted by Gasteiger charge is -2.20. The third-order valence-electron chi connectivity index (χ3n) is 3.12. The summed E-state index contributed by atoms with van der Waals surface area (Å²) in [6.07, 6.45) is 5.54. The van der Waals surface area contributed by atoms with Crippen molar-refractivity contribution in [2.75, 3.05) is 26.2 Å².